The Bertz CT molecular complexity index is 779. The molecule has 1 aliphatic heterocycles. The van der Waals surface area contributed by atoms with Gasteiger partial charge in [-0.3, -0.25) is 4.99 Å². The molecule has 0 atom stereocenters. The van der Waals surface area contributed by atoms with Gasteiger partial charge in [0, 0.05) is 50.2 Å². The van der Waals surface area contributed by atoms with Gasteiger partial charge in [0.1, 0.15) is 5.82 Å². The van der Waals surface area contributed by atoms with Crippen LogP contribution in [0.3, 0.4) is 0 Å². The van der Waals surface area contributed by atoms with Gasteiger partial charge in [-0.25, -0.2) is 9.37 Å². The lowest BCUT2D eigenvalue weighted by Gasteiger charge is -2.36. The van der Waals surface area contributed by atoms with Crippen LogP contribution in [-0.2, 0) is 12.6 Å². The van der Waals surface area contributed by atoms with E-state index in [0.717, 1.165) is 35.5 Å². The van der Waals surface area contributed by atoms with Crippen LogP contribution in [0.2, 0.25) is 0 Å². The van der Waals surface area contributed by atoms with Crippen molar-refractivity contribution in [3.63, 3.8) is 0 Å². The van der Waals surface area contributed by atoms with Crippen LogP contribution in [0, 0.1) is 5.82 Å². The van der Waals surface area contributed by atoms with Crippen LogP contribution in [-0.4, -0.2) is 48.6 Å². The Morgan fingerprint density at radius 3 is 2.41 bits per heavy atom. The van der Waals surface area contributed by atoms with E-state index >= 15 is 0 Å². The first kappa shape index (κ1) is 19.4. The Balaban J connectivity index is 1.48. The number of nitrogens with zero attached hydrogens (tertiary/aromatic N) is 4. The molecule has 2 heterocycles. The Morgan fingerprint density at radius 2 is 1.81 bits per heavy atom. The molecular formula is C17H19F4N5S. The smallest absolute Gasteiger partial charge is 0.370 e. The van der Waals surface area contributed by atoms with Gasteiger partial charge in [0.15, 0.2) is 11.7 Å². The molecular weight excluding hydrogens is 382 g/mol. The number of anilines is 1. The molecule has 0 saturated carbocycles. The third-order valence-corrected chi connectivity index (χ3v) is 5.15. The summed E-state index contributed by atoms with van der Waals surface area (Å²) in [5, 5.41) is 1.40. The zero-order valence-corrected chi connectivity index (χ0v) is 15.2. The van der Waals surface area contributed by atoms with Crippen LogP contribution < -0.4 is 10.6 Å². The first-order valence-corrected chi connectivity index (χ1v) is 9.28. The fourth-order valence-electron chi connectivity index (χ4n) is 2.77. The minimum absolute atomic E-state index is 0.267. The highest BCUT2D eigenvalue weighted by atomic mass is 32.1. The molecule has 146 valence electrons. The lowest BCUT2D eigenvalue weighted by Crippen LogP contribution is -2.51. The number of benzene rings is 1. The molecule has 1 aliphatic rings. The summed E-state index contributed by atoms with van der Waals surface area (Å²) < 4.78 is 50.6. The number of hydrogen-bond acceptors (Lipinski definition) is 4. The van der Waals surface area contributed by atoms with Crippen LogP contribution in [0.15, 0.2) is 34.6 Å². The van der Waals surface area contributed by atoms with E-state index in [4.69, 9.17) is 5.73 Å². The quantitative estimate of drug-likeness (QED) is 0.486. The third-order valence-electron chi connectivity index (χ3n) is 4.24. The lowest BCUT2D eigenvalue weighted by molar-refractivity contribution is -0.140. The summed E-state index contributed by atoms with van der Waals surface area (Å²) in [4.78, 5) is 11.9. The van der Waals surface area contributed by atoms with Crippen LogP contribution in [0.25, 0.3) is 0 Å². The van der Waals surface area contributed by atoms with E-state index in [-0.39, 0.29) is 12.4 Å². The minimum atomic E-state index is -4.42. The third kappa shape index (κ3) is 5.09. The van der Waals surface area contributed by atoms with Crippen molar-refractivity contribution in [3.8, 4) is 0 Å². The van der Waals surface area contributed by atoms with E-state index in [0.29, 0.717) is 30.5 Å². The van der Waals surface area contributed by atoms with E-state index < -0.39 is 11.9 Å². The van der Waals surface area contributed by atoms with Crippen molar-refractivity contribution in [2.75, 3.05) is 37.6 Å². The highest BCUT2D eigenvalue weighted by Gasteiger charge is 2.33. The number of rotatable bonds is 4. The average Bonchev–Trinajstić information content (AvgIpc) is 3.12. The summed E-state index contributed by atoms with van der Waals surface area (Å²) in [5.74, 6) is 0.109. The highest BCUT2D eigenvalue weighted by molar-refractivity contribution is 7.09. The molecule has 3 rings (SSSR count). The Kier molecular flexibility index (Phi) is 5.83. The van der Waals surface area contributed by atoms with Crippen molar-refractivity contribution in [1.29, 1.82) is 0 Å². The maximum absolute atomic E-state index is 13.0. The lowest BCUT2D eigenvalue weighted by atomic mass is 10.2. The van der Waals surface area contributed by atoms with E-state index in [1.807, 2.05) is 4.90 Å². The summed E-state index contributed by atoms with van der Waals surface area (Å²) in [6, 6.07) is 6.35. The number of aromatic nitrogens is 1. The summed E-state index contributed by atoms with van der Waals surface area (Å²) in [6.45, 7) is 3.08. The number of guanidine groups is 1. The zero-order chi connectivity index (χ0) is 19.4. The first-order chi connectivity index (χ1) is 12.8. The Labute approximate surface area is 158 Å². The van der Waals surface area contributed by atoms with E-state index in [2.05, 4.69) is 14.9 Å². The summed E-state index contributed by atoms with van der Waals surface area (Å²) in [5.41, 5.74) is 6.09. The fraction of sp³-hybridized carbons (Fsp3) is 0.412. The summed E-state index contributed by atoms with van der Waals surface area (Å²) in [7, 11) is 0. The number of nitrogens with two attached hydrogens (primary N) is 1. The maximum Gasteiger partial charge on any atom is 0.434 e. The van der Waals surface area contributed by atoms with E-state index in [9.17, 15) is 17.6 Å². The largest absolute Gasteiger partial charge is 0.434 e. The monoisotopic (exact) mass is 401 g/mol. The molecule has 1 aromatic heterocycles. The zero-order valence-electron chi connectivity index (χ0n) is 14.4. The topological polar surface area (TPSA) is 57.8 Å². The summed E-state index contributed by atoms with van der Waals surface area (Å²) >= 11 is 0.974. The highest BCUT2D eigenvalue weighted by Crippen LogP contribution is 2.30. The normalized spacial score (nSPS) is 16.1. The predicted molar refractivity (Wildman–Crippen MR) is 97.5 cm³/mol. The Hall–Kier alpha value is -2.36. The van der Waals surface area contributed by atoms with Gasteiger partial charge in [-0.05, 0) is 24.3 Å². The average molecular weight is 401 g/mol. The fourth-order valence-corrected chi connectivity index (χ4v) is 3.56. The molecule has 0 spiro atoms. The number of hydrogen-bond donors (Lipinski definition) is 1. The van der Waals surface area contributed by atoms with Gasteiger partial charge in [0.25, 0.3) is 0 Å². The minimum Gasteiger partial charge on any atom is -0.370 e. The summed E-state index contributed by atoms with van der Waals surface area (Å²) in [6.07, 6.45) is -4.10. The van der Waals surface area contributed by atoms with Crippen molar-refractivity contribution in [3.05, 3.63) is 46.2 Å². The molecule has 2 N–H and O–H groups in total. The van der Waals surface area contributed by atoms with Gasteiger partial charge in [0.05, 0.1) is 5.01 Å². The molecule has 1 aromatic carbocycles. The molecule has 27 heavy (non-hydrogen) atoms. The van der Waals surface area contributed by atoms with Crippen LogP contribution in [0.1, 0.15) is 10.7 Å². The molecule has 2 aromatic rings. The van der Waals surface area contributed by atoms with Crippen molar-refractivity contribution >= 4 is 23.0 Å². The predicted octanol–water partition coefficient (Wildman–Crippen LogP) is 2.98. The molecule has 0 unspecified atom stereocenters. The van der Waals surface area contributed by atoms with Crippen LogP contribution in [0.4, 0.5) is 23.2 Å². The van der Waals surface area contributed by atoms with Gasteiger partial charge in [-0.15, -0.1) is 11.3 Å². The van der Waals surface area contributed by atoms with Crippen molar-refractivity contribution in [2.24, 2.45) is 10.7 Å². The van der Waals surface area contributed by atoms with E-state index in [1.165, 1.54) is 12.1 Å². The number of halogens is 4. The molecule has 1 fully saturated rings. The molecule has 0 radical (unpaired) electrons. The number of piperazine rings is 1. The number of thiazole rings is 1. The molecule has 0 amide bonds. The second kappa shape index (κ2) is 8.12. The van der Waals surface area contributed by atoms with Crippen molar-refractivity contribution < 1.29 is 17.6 Å². The SMILES string of the molecule is NC(=NCCc1nc(C(F)(F)F)cs1)N1CCN(c2ccc(F)cc2)CC1. The van der Waals surface area contributed by atoms with Crippen molar-refractivity contribution in [2.45, 2.75) is 12.6 Å². The first-order valence-electron chi connectivity index (χ1n) is 8.40. The van der Waals surface area contributed by atoms with Crippen LogP contribution in [0.5, 0.6) is 0 Å². The molecule has 0 bridgehead atoms. The molecule has 0 aliphatic carbocycles. The maximum atomic E-state index is 13.0. The Morgan fingerprint density at radius 1 is 1.15 bits per heavy atom. The van der Waals surface area contributed by atoms with Gasteiger partial charge in [-0.1, -0.05) is 0 Å². The van der Waals surface area contributed by atoms with Gasteiger partial charge in [0.2, 0.25) is 0 Å². The van der Waals surface area contributed by atoms with E-state index in [1.54, 1.807) is 12.1 Å². The van der Waals surface area contributed by atoms with Gasteiger partial charge >= 0.3 is 6.18 Å². The molecule has 1 saturated heterocycles. The van der Waals surface area contributed by atoms with Crippen LogP contribution >= 0.6 is 11.3 Å². The number of aliphatic imine (C=N–C) groups is 1. The second-order valence-corrected chi connectivity index (χ2v) is 7.01. The van der Waals surface area contributed by atoms with Gasteiger partial charge in [-0.2, -0.15) is 13.2 Å². The number of alkyl halides is 3. The van der Waals surface area contributed by atoms with Gasteiger partial charge < -0.3 is 15.5 Å². The molecule has 10 heteroatoms. The standard InChI is InChI=1S/C17H19F4N5S/c18-12-1-3-13(4-2-12)25-7-9-26(10-8-25)16(22)23-6-5-15-24-14(11-27-15)17(19,20)21/h1-4,11H,5-10H2,(H2,22,23). The molecule has 5 nitrogen and oxygen atoms in total. The van der Waals surface area contributed by atoms with Crippen molar-refractivity contribution in [1.82, 2.24) is 9.88 Å². The second-order valence-electron chi connectivity index (χ2n) is 6.06.